The quantitative estimate of drug-likeness (QED) is 0.643. The van der Waals surface area contributed by atoms with E-state index in [1.165, 1.54) is 24.1 Å². The van der Waals surface area contributed by atoms with Crippen LogP contribution in [0.5, 0.6) is 0 Å². The molecule has 152 valence electrons. The van der Waals surface area contributed by atoms with Gasteiger partial charge in [-0.15, -0.1) is 0 Å². The van der Waals surface area contributed by atoms with E-state index in [1.54, 1.807) is 61.6 Å². The van der Waals surface area contributed by atoms with Crippen molar-refractivity contribution in [3.05, 3.63) is 83.0 Å². The van der Waals surface area contributed by atoms with E-state index in [1.807, 2.05) is 0 Å². The van der Waals surface area contributed by atoms with Crippen LogP contribution < -0.4 is 15.5 Å². The zero-order chi connectivity index (χ0) is 21.7. The number of benzene rings is 2. The van der Waals surface area contributed by atoms with Crippen molar-refractivity contribution in [1.29, 1.82) is 0 Å². The first-order valence-electron chi connectivity index (χ1n) is 9.03. The number of carbonyl (C=O) groups excluding carboxylic acids is 3. The molecule has 2 N–H and O–H groups in total. The molecule has 0 radical (unpaired) electrons. The van der Waals surface area contributed by atoms with Crippen LogP contribution in [0.3, 0.4) is 0 Å². The molecule has 7 nitrogen and oxygen atoms in total. The van der Waals surface area contributed by atoms with Crippen LogP contribution in [0.2, 0.25) is 5.02 Å². The molecule has 0 bridgehead atoms. The molecule has 0 atom stereocenters. The van der Waals surface area contributed by atoms with Crippen molar-refractivity contribution in [3.63, 3.8) is 0 Å². The van der Waals surface area contributed by atoms with Gasteiger partial charge in [0.2, 0.25) is 5.91 Å². The summed E-state index contributed by atoms with van der Waals surface area (Å²) in [5.74, 6) is -0.618. The summed E-state index contributed by atoms with van der Waals surface area (Å²) < 4.78 is 0. The molecule has 0 aliphatic rings. The summed E-state index contributed by atoms with van der Waals surface area (Å²) >= 11 is 5.92. The highest BCUT2D eigenvalue weighted by atomic mass is 35.5. The maximum absolute atomic E-state index is 12.7. The molecule has 0 saturated heterocycles. The fraction of sp³-hybridized carbons (Fsp3) is 0.0909. The highest BCUT2D eigenvalue weighted by molar-refractivity contribution is 6.30. The van der Waals surface area contributed by atoms with Crippen LogP contribution in [0.25, 0.3) is 0 Å². The third-order valence-electron chi connectivity index (χ3n) is 4.37. The Morgan fingerprint density at radius 1 is 0.933 bits per heavy atom. The SMILES string of the molecule is CC(=O)N(C)c1ccc(C(=O)Nc2ccccc2C(=O)Nc2cc(Cl)ccn2)cc1. The molecular formula is C22H19ClN4O3. The number of anilines is 3. The Morgan fingerprint density at radius 3 is 2.30 bits per heavy atom. The zero-order valence-corrected chi connectivity index (χ0v) is 17.1. The summed E-state index contributed by atoms with van der Waals surface area (Å²) in [6, 6.07) is 16.4. The normalized spacial score (nSPS) is 10.2. The Labute approximate surface area is 178 Å². The number of nitrogens with zero attached hydrogens (tertiary/aromatic N) is 2. The van der Waals surface area contributed by atoms with Gasteiger partial charge in [-0.2, -0.15) is 0 Å². The van der Waals surface area contributed by atoms with Crippen molar-refractivity contribution in [1.82, 2.24) is 4.98 Å². The average Bonchev–Trinajstić information content (AvgIpc) is 2.73. The van der Waals surface area contributed by atoms with Crippen molar-refractivity contribution >= 4 is 46.5 Å². The first kappa shape index (κ1) is 21.0. The Hall–Kier alpha value is -3.71. The van der Waals surface area contributed by atoms with Crippen LogP contribution in [0, 0.1) is 0 Å². The molecule has 0 aliphatic carbocycles. The number of hydrogen-bond donors (Lipinski definition) is 2. The van der Waals surface area contributed by atoms with Gasteiger partial charge in [-0.25, -0.2) is 4.98 Å². The molecule has 0 spiro atoms. The standard InChI is InChI=1S/C22H19ClN4O3/c1-14(28)27(2)17-9-7-15(8-10-17)21(29)25-19-6-4-3-5-18(19)22(30)26-20-13-16(23)11-12-24-20/h3-13H,1-2H3,(H,25,29)(H,24,26,30). The smallest absolute Gasteiger partial charge is 0.258 e. The number of nitrogens with one attached hydrogen (secondary N) is 2. The number of aromatic nitrogens is 1. The van der Waals surface area contributed by atoms with Crippen LogP contribution >= 0.6 is 11.6 Å². The second-order valence-electron chi connectivity index (χ2n) is 6.44. The summed E-state index contributed by atoms with van der Waals surface area (Å²) in [6.45, 7) is 1.46. The van der Waals surface area contributed by atoms with Gasteiger partial charge < -0.3 is 15.5 Å². The van der Waals surface area contributed by atoms with Gasteiger partial charge in [0.05, 0.1) is 11.3 Å². The van der Waals surface area contributed by atoms with E-state index in [-0.39, 0.29) is 17.4 Å². The first-order chi connectivity index (χ1) is 14.3. The van der Waals surface area contributed by atoms with E-state index < -0.39 is 5.91 Å². The fourth-order valence-corrected chi connectivity index (χ4v) is 2.82. The lowest BCUT2D eigenvalue weighted by Crippen LogP contribution is -2.23. The van der Waals surface area contributed by atoms with Gasteiger partial charge in [0, 0.05) is 36.4 Å². The predicted octanol–water partition coefficient (Wildman–Crippen LogP) is 4.22. The minimum atomic E-state index is -0.431. The highest BCUT2D eigenvalue weighted by Gasteiger charge is 2.15. The minimum Gasteiger partial charge on any atom is -0.321 e. The molecule has 8 heteroatoms. The van der Waals surface area contributed by atoms with Crippen molar-refractivity contribution in [2.45, 2.75) is 6.92 Å². The molecule has 0 unspecified atom stereocenters. The molecule has 0 saturated carbocycles. The van der Waals surface area contributed by atoms with Crippen molar-refractivity contribution in [2.24, 2.45) is 0 Å². The molecule has 1 heterocycles. The lowest BCUT2D eigenvalue weighted by atomic mass is 10.1. The molecule has 3 aromatic rings. The molecule has 1 aromatic heterocycles. The third kappa shape index (κ3) is 5.01. The van der Waals surface area contributed by atoms with E-state index in [2.05, 4.69) is 15.6 Å². The second kappa shape index (κ2) is 9.19. The van der Waals surface area contributed by atoms with E-state index >= 15 is 0 Å². The number of hydrogen-bond acceptors (Lipinski definition) is 4. The van der Waals surface area contributed by atoms with Gasteiger partial charge in [-0.1, -0.05) is 23.7 Å². The van der Waals surface area contributed by atoms with Crippen LogP contribution in [0.1, 0.15) is 27.6 Å². The van der Waals surface area contributed by atoms with Gasteiger partial charge in [0.25, 0.3) is 11.8 Å². The number of halogens is 1. The lowest BCUT2D eigenvalue weighted by molar-refractivity contribution is -0.116. The van der Waals surface area contributed by atoms with Crippen LogP contribution in [0.15, 0.2) is 66.9 Å². The summed E-state index contributed by atoms with van der Waals surface area (Å²) in [4.78, 5) is 42.3. The van der Waals surface area contributed by atoms with Gasteiger partial charge in [0.15, 0.2) is 0 Å². The molecule has 2 aromatic carbocycles. The van der Waals surface area contributed by atoms with Crippen molar-refractivity contribution in [2.75, 3.05) is 22.6 Å². The van der Waals surface area contributed by atoms with E-state index in [0.29, 0.717) is 27.8 Å². The minimum absolute atomic E-state index is 0.110. The van der Waals surface area contributed by atoms with Crippen LogP contribution in [0.4, 0.5) is 17.2 Å². The Balaban J connectivity index is 1.76. The van der Waals surface area contributed by atoms with E-state index in [9.17, 15) is 14.4 Å². The van der Waals surface area contributed by atoms with Gasteiger partial charge in [0.1, 0.15) is 5.82 Å². The first-order valence-corrected chi connectivity index (χ1v) is 9.40. The third-order valence-corrected chi connectivity index (χ3v) is 4.61. The zero-order valence-electron chi connectivity index (χ0n) is 16.3. The number of carbonyl (C=O) groups is 3. The predicted molar refractivity (Wildman–Crippen MR) is 117 cm³/mol. The average molecular weight is 423 g/mol. The molecule has 0 fully saturated rings. The fourth-order valence-electron chi connectivity index (χ4n) is 2.66. The van der Waals surface area contributed by atoms with Crippen molar-refractivity contribution < 1.29 is 14.4 Å². The summed E-state index contributed by atoms with van der Waals surface area (Å²) in [5.41, 5.74) is 1.70. The number of pyridine rings is 1. The van der Waals surface area contributed by atoms with Crippen LogP contribution in [-0.4, -0.2) is 29.8 Å². The second-order valence-corrected chi connectivity index (χ2v) is 6.87. The van der Waals surface area contributed by atoms with E-state index in [4.69, 9.17) is 11.6 Å². The Morgan fingerprint density at radius 2 is 1.63 bits per heavy atom. The summed E-state index contributed by atoms with van der Waals surface area (Å²) in [7, 11) is 1.65. The van der Waals surface area contributed by atoms with Crippen molar-refractivity contribution in [3.8, 4) is 0 Å². The maximum atomic E-state index is 12.7. The molecule has 3 amide bonds. The summed E-state index contributed by atoms with van der Waals surface area (Å²) in [6.07, 6.45) is 1.48. The Kier molecular flexibility index (Phi) is 6.44. The molecule has 0 aliphatic heterocycles. The number of para-hydroxylation sites is 1. The monoisotopic (exact) mass is 422 g/mol. The van der Waals surface area contributed by atoms with Crippen LogP contribution in [-0.2, 0) is 4.79 Å². The highest BCUT2D eigenvalue weighted by Crippen LogP contribution is 2.20. The Bertz CT molecular complexity index is 1100. The molecule has 3 rings (SSSR count). The largest absolute Gasteiger partial charge is 0.321 e. The molecular weight excluding hydrogens is 404 g/mol. The number of rotatable bonds is 5. The van der Waals surface area contributed by atoms with Gasteiger partial charge >= 0.3 is 0 Å². The topological polar surface area (TPSA) is 91.4 Å². The maximum Gasteiger partial charge on any atom is 0.258 e. The lowest BCUT2D eigenvalue weighted by Gasteiger charge is -2.15. The van der Waals surface area contributed by atoms with Gasteiger partial charge in [-0.05, 0) is 48.5 Å². The molecule has 30 heavy (non-hydrogen) atoms. The summed E-state index contributed by atoms with van der Waals surface area (Å²) in [5, 5.41) is 5.85. The number of amides is 3. The van der Waals surface area contributed by atoms with E-state index in [0.717, 1.165) is 0 Å². The van der Waals surface area contributed by atoms with Gasteiger partial charge in [-0.3, -0.25) is 14.4 Å².